The molecule has 0 bridgehead atoms. The van der Waals surface area contributed by atoms with Crippen molar-refractivity contribution < 1.29 is 9.53 Å². The minimum Gasteiger partial charge on any atom is -0.495 e. The third kappa shape index (κ3) is 5.35. The van der Waals surface area contributed by atoms with Gasteiger partial charge in [-0.2, -0.15) is 0 Å². The molecule has 1 aromatic heterocycles. The van der Waals surface area contributed by atoms with Crippen molar-refractivity contribution in [3.8, 4) is 5.75 Å². The summed E-state index contributed by atoms with van der Waals surface area (Å²) in [5.41, 5.74) is 1.67. The molecule has 1 saturated heterocycles. The first-order valence-corrected chi connectivity index (χ1v) is 9.96. The summed E-state index contributed by atoms with van der Waals surface area (Å²) < 4.78 is 5.49. The lowest BCUT2D eigenvalue weighted by Crippen LogP contribution is -2.47. The first-order valence-electron chi connectivity index (χ1n) is 9.96. The van der Waals surface area contributed by atoms with Crippen LogP contribution in [0.25, 0.3) is 0 Å². The van der Waals surface area contributed by atoms with E-state index in [0.717, 1.165) is 57.1 Å². The predicted octanol–water partition coefficient (Wildman–Crippen LogP) is 1.81. The molecule has 3 rings (SSSR count). The highest BCUT2D eigenvalue weighted by Gasteiger charge is 2.19. The molecule has 156 valence electrons. The molecule has 8 heteroatoms. The zero-order valence-corrected chi connectivity index (χ0v) is 17.5. The summed E-state index contributed by atoms with van der Waals surface area (Å²) in [6.07, 6.45) is 4.01. The predicted molar refractivity (Wildman–Crippen MR) is 115 cm³/mol. The molecule has 29 heavy (non-hydrogen) atoms. The molecule has 1 aromatic carbocycles. The van der Waals surface area contributed by atoms with Crippen LogP contribution in [-0.4, -0.2) is 86.1 Å². The zero-order chi connectivity index (χ0) is 20.6. The number of hydrogen-bond acceptors (Lipinski definition) is 7. The molecule has 0 atom stereocenters. The number of rotatable bonds is 8. The molecule has 0 unspecified atom stereocenters. The highest BCUT2D eigenvalue weighted by atomic mass is 16.5. The van der Waals surface area contributed by atoms with Crippen LogP contribution in [0.3, 0.4) is 0 Å². The van der Waals surface area contributed by atoms with E-state index in [1.165, 1.54) is 11.2 Å². The van der Waals surface area contributed by atoms with Gasteiger partial charge in [-0.3, -0.25) is 9.69 Å². The van der Waals surface area contributed by atoms with E-state index in [-0.39, 0.29) is 5.91 Å². The lowest BCUT2D eigenvalue weighted by Gasteiger charge is -2.36. The second-order valence-electron chi connectivity index (χ2n) is 7.27. The molecule has 1 N–H and O–H groups in total. The van der Waals surface area contributed by atoms with E-state index in [9.17, 15) is 4.79 Å². The van der Waals surface area contributed by atoms with Crippen molar-refractivity contribution in [3.05, 3.63) is 42.4 Å². The average molecular weight is 399 g/mol. The molecular weight excluding hydrogens is 368 g/mol. The molecule has 0 radical (unpaired) electrons. The van der Waals surface area contributed by atoms with E-state index in [2.05, 4.69) is 37.2 Å². The van der Waals surface area contributed by atoms with Crippen LogP contribution in [0, 0.1) is 0 Å². The molecular formula is C21H30N6O2. The van der Waals surface area contributed by atoms with Crippen molar-refractivity contribution in [3.63, 3.8) is 0 Å². The number of carbonyl (C=O) groups is 1. The maximum Gasteiger partial charge on any atom is 0.258 e. The van der Waals surface area contributed by atoms with Gasteiger partial charge < -0.3 is 19.9 Å². The number of amides is 1. The van der Waals surface area contributed by atoms with Crippen molar-refractivity contribution in [2.75, 3.05) is 70.7 Å². The number of ether oxygens (including phenoxy) is 1. The lowest BCUT2D eigenvalue weighted by atomic mass is 10.2. The van der Waals surface area contributed by atoms with Gasteiger partial charge in [-0.25, -0.2) is 9.97 Å². The van der Waals surface area contributed by atoms with E-state index < -0.39 is 0 Å². The highest BCUT2D eigenvalue weighted by molar-refractivity contribution is 5.98. The van der Waals surface area contributed by atoms with E-state index >= 15 is 0 Å². The fraction of sp³-hybridized carbons (Fsp3) is 0.476. The Morgan fingerprint density at radius 1 is 1.21 bits per heavy atom. The Bertz CT molecular complexity index is 805. The third-order valence-electron chi connectivity index (χ3n) is 5.09. The van der Waals surface area contributed by atoms with Crippen molar-refractivity contribution >= 4 is 17.4 Å². The van der Waals surface area contributed by atoms with E-state index in [0.29, 0.717) is 11.4 Å². The molecule has 0 aliphatic carbocycles. The first kappa shape index (κ1) is 20.9. The minimum atomic E-state index is -0.0967. The number of methoxy groups -OCH3 is 1. The Hall–Kier alpha value is -2.87. The quantitative estimate of drug-likeness (QED) is 0.680. The number of nitrogens with zero attached hydrogens (tertiary/aromatic N) is 5. The molecule has 1 fully saturated rings. The van der Waals surface area contributed by atoms with Crippen molar-refractivity contribution in [2.24, 2.45) is 0 Å². The van der Waals surface area contributed by atoms with Crippen LogP contribution in [0.4, 0.5) is 11.5 Å². The van der Waals surface area contributed by atoms with Crippen molar-refractivity contribution in [1.29, 1.82) is 0 Å². The van der Waals surface area contributed by atoms with Gasteiger partial charge in [-0.1, -0.05) is 12.1 Å². The summed E-state index contributed by atoms with van der Waals surface area (Å²) in [4.78, 5) is 26.8. The van der Waals surface area contributed by atoms with Gasteiger partial charge in [0, 0.05) is 53.0 Å². The molecule has 1 amide bonds. The summed E-state index contributed by atoms with van der Waals surface area (Å²) in [5.74, 6) is 1.43. The Balaban J connectivity index is 1.44. The smallest absolute Gasteiger partial charge is 0.258 e. The number of benzene rings is 1. The third-order valence-corrected chi connectivity index (χ3v) is 5.09. The van der Waals surface area contributed by atoms with Crippen LogP contribution in [0.1, 0.15) is 16.8 Å². The van der Waals surface area contributed by atoms with E-state index in [4.69, 9.17) is 4.74 Å². The molecule has 1 aliphatic rings. The molecule has 0 spiro atoms. The van der Waals surface area contributed by atoms with E-state index in [1.54, 1.807) is 27.4 Å². The molecule has 8 nitrogen and oxygen atoms in total. The van der Waals surface area contributed by atoms with Crippen LogP contribution in [0.15, 0.2) is 36.8 Å². The van der Waals surface area contributed by atoms with Gasteiger partial charge in [0.15, 0.2) is 0 Å². The Labute approximate surface area is 172 Å². The lowest BCUT2D eigenvalue weighted by molar-refractivity contribution is 0.0827. The van der Waals surface area contributed by atoms with Crippen molar-refractivity contribution in [2.45, 2.75) is 6.42 Å². The van der Waals surface area contributed by atoms with Gasteiger partial charge in [0.05, 0.1) is 12.8 Å². The summed E-state index contributed by atoms with van der Waals surface area (Å²) in [6, 6.07) is 8.18. The maximum atomic E-state index is 12.2. The van der Waals surface area contributed by atoms with Gasteiger partial charge >= 0.3 is 0 Å². The zero-order valence-electron chi connectivity index (χ0n) is 17.5. The molecule has 2 heterocycles. The van der Waals surface area contributed by atoms with Crippen LogP contribution < -0.4 is 15.0 Å². The SMILES string of the molecule is COc1ccccc1N1CCN(CCCNc2ncncc2C(=O)N(C)C)CC1. The normalized spacial score (nSPS) is 14.5. The minimum absolute atomic E-state index is 0.0967. The van der Waals surface area contributed by atoms with Crippen LogP contribution in [0.2, 0.25) is 0 Å². The summed E-state index contributed by atoms with van der Waals surface area (Å²) in [5, 5.41) is 3.29. The maximum absolute atomic E-state index is 12.2. The van der Waals surface area contributed by atoms with E-state index in [1.807, 2.05) is 12.1 Å². The van der Waals surface area contributed by atoms with Gasteiger partial charge in [-0.05, 0) is 25.1 Å². The highest BCUT2D eigenvalue weighted by Crippen LogP contribution is 2.28. The number of nitrogens with one attached hydrogen (secondary N) is 1. The average Bonchev–Trinajstić information content (AvgIpc) is 2.77. The number of aromatic nitrogens is 2. The molecule has 1 aliphatic heterocycles. The number of hydrogen-bond donors (Lipinski definition) is 1. The Morgan fingerprint density at radius 3 is 2.69 bits per heavy atom. The number of piperazine rings is 1. The summed E-state index contributed by atoms with van der Waals surface area (Å²) in [6.45, 7) is 5.79. The second kappa shape index (κ2) is 10.1. The largest absolute Gasteiger partial charge is 0.495 e. The summed E-state index contributed by atoms with van der Waals surface area (Å²) in [7, 11) is 5.17. The fourth-order valence-corrected chi connectivity index (χ4v) is 3.48. The summed E-state index contributed by atoms with van der Waals surface area (Å²) >= 11 is 0. The Morgan fingerprint density at radius 2 is 1.97 bits per heavy atom. The molecule has 2 aromatic rings. The topological polar surface area (TPSA) is 73.8 Å². The molecule has 0 saturated carbocycles. The van der Waals surface area contributed by atoms with Crippen LogP contribution in [-0.2, 0) is 0 Å². The van der Waals surface area contributed by atoms with Crippen LogP contribution in [0.5, 0.6) is 5.75 Å². The van der Waals surface area contributed by atoms with Gasteiger partial charge in [0.2, 0.25) is 0 Å². The van der Waals surface area contributed by atoms with Gasteiger partial charge in [0.1, 0.15) is 23.5 Å². The van der Waals surface area contributed by atoms with Crippen LogP contribution >= 0.6 is 0 Å². The fourth-order valence-electron chi connectivity index (χ4n) is 3.48. The number of para-hydroxylation sites is 2. The van der Waals surface area contributed by atoms with Crippen molar-refractivity contribution in [1.82, 2.24) is 19.8 Å². The monoisotopic (exact) mass is 398 g/mol. The van der Waals surface area contributed by atoms with Gasteiger partial charge in [-0.15, -0.1) is 0 Å². The Kier molecular flexibility index (Phi) is 7.24. The first-order chi connectivity index (χ1) is 14.1. The van der Waals surface area contributed by atoms with Gasteiger partial charge in [0.25, 0.3) is 5.91 Å². The standard InChI is InChI=1S/C21H30N6O2/c1-25(2)21(28)17-15-22-16-24-20(17)23-9-6-10-26-11-13-27(14-12-26)18-7-4-5-8-19(18)29-3/h4-5,7-8,15-16H,6,9-14H2,1-3H3,(H,22,23,24). The number of carbonyl (C=O) groups excluding carboxylic acids is 1. The number of anilines is 2. The second-order valence-corrected chi connectivity index (χ2v) is 7.27.